The number of likely N-dealkylation sites (tertiary alicyclic amines) is 1. The average molecular weight is 248 g/mol. The van der Waals surface area contributed by atoms with Crippen LogP contribution in [0.4, 0.5) is 0 Å². The van der Waals surface area contributed by atoms with E-state index in [9.17, 15) is 4.79 Å². The molecular weight excluding hydrogens is 228 g/mol. The van der Waals surface area contributed by atoms with Crippen LogP contribution < -0.4 is 0 Å². The number of pyridine rings is 1. The molecule has 98 valence electrons. The number of aromatic nitrogens is 1. The molecule has 0 aliphatic carbocycles. The predicted molar refractivity (Wildman–Crippen MR) is 69.2 cm³/mol. The minimum absolute atomic E-state index is 0.218. The first kappa shape index (κ1) is 13.0. The van der Waals surface area contributed by atoms with E-state index in [-0.39, 0.29) is 5.92 Å². The van der Waals surface area contributed by atoms with E-state index in [4.69, 9.17) is 5.11 Å². The van der Waals surface area contributed by atoms with Gasteiger partial charge >= 0.3 is 5.97 Å². The predicted octanol–water partition coefficient (Wildman–Crippen LogP) is 2.33. The molecule has 18 heavy (non-hydrogen) atoms. The zero-order valence-electron chi connectivity index (χ0n) is 10.7. The Morgan fingerprint density at radius 1 is 1.67 bits per heavy atom. The molecule has 0 saturated carbocycles. The van der Waals surface area contributed by atoms with Crippen LogP contribution in [0, 0.1) is 5.92 Å². The van der Waals surface area contributed by atoms with Gasteiger partial charge in [0.05, 0.1) is 5.92 Å². The van der Waals surface area contributed by atoms with Crippen molar-refractivity contribution >= 4 is 5.97 Å². The van der Waals surface area contributed by atoms with Crippen LogP contribution in [-0.4, -0.2) is 34.0 Å². The number of carboxylic acids is 1. The first-order valence-electron chi connectivity index (χ1n) is 6.59. The lowest BCUT2D eigenvalue weighted by molar-refractivity contribution is -0.144. The maximum absolute atomic E-state index is 11.1. The standard InChI is InChI=1S/C14H20N2O2/c1-2-13(11-5-3-7-15-9-11)16-8-4-6-12(10-16)14(17)18/h3,5,7,9,12-13H,2,4,6,8,10H2,1H3,(H,17,18). The van der Waals surface area contributed by atoms with Crippen LogP contribution in [0.15, 0.2) is 24.5 Å². The maximum atomic E-state index is 11.1. The molecule has 1 aromatic heterocycles. The molecular formula is C14H20N2O2. The summed E-state index contributed by atoms with van der Waals surface area (Å²) in [6.07, 6.45) is 6.41. The number of carboxylic acid groups (broad SMARTS) is 1. The molecule has 1 fully saturated rings. The maximum Gasteiger partial charge on any atom is 0.307 e. The minimum atomic E-state index is -0.666. The Bertz CT molecular complexity index is 394. The van der Waals surface area contributed by atoms with Crippen molar-refractivity contribution in [2.75, 3.05) is 13.1 Å². The zero-order valence-corrected chi connectivity index (χ0v) is 10.7. The third-order valence-corrected chi connectivity index (χ3v) is 3.70. The molecule has 2 unspecified atom stereocenters. The van der Waals surface area contributed by atoms with E-state index < -0.39 is 5.97 Å². The van der Waals surface area contributed by atoms with Gasteiger partial charge in [-0.25, -0.2) is 0 Å². The topological polar surface area (TPSA) is 53.4 Å². The number of hydrogen-bond acceptors (Lipinski definition) is 3. The number of hydrogen-bond donors (Lipinski definition) is 1. The third kappa shape index (κ3) is 2.88. The van der Waals surface area contributed by atoms with Crippen LogP contribution in [0.1, 0.15) is 37.8 Å². The normalized spacial score (nSPS) is 22.6. The Balaban J connectivity index is 2.11. The van der Waals surface area contributed by atoms with E-state index in [1.807, 2.05) is 12.3 Å². The fraction of sp³-hybridized carbons (Fsp3) is 0.571. The van der Waals surface area contributed by atoms with Gasteiger partial charge in [-0.15, -0.1) is 0 Å². The van der Waals surface area contributed by atoms with Crippen molar-refractivity contribution in [2.45, 2.75) is 32.2 Å². The molecule has 4 nitrogen and oxygen atoms in total. The van der Waals surface area contributed by atoms with Crippen LogP contribution in [0.2, 0.25) is 0 Å². The van der Waals surface area contributed by atoms with Crippen molar-refractivity contribution < 1.29 is 9.90 Å². The molecule has 2 rings (SSSR count). The highest BCUT2D eigenvalue weighted by Gasteiger charge is 2.29. The van der Waals surface area contributed by atoms with Gasteiger partial charge in [0.15, 0.2) is 0 Å². The van der Waals surface area contributed by atoms with Gasteiger partial charge in [-0.2, -0.15) is 0 Å². The van der Waals surface area contributed by atoms with Gasteiger partial charge in [0.2, 0.25) is 0 Å². The van der Waals surface area contributed by atoms with Crippen LogP contribution in [0.3, 0.4) is 0 Å². The second-order valence-corrected chi connectivity index (χ2v) is 4.88. The SMILES string of the molecule is CCC(c1cccnc1)N1CCCC(C(=O)O)C1. The van der Waals surface area contributed by atoms with Gasteiger partial charge in [-0.1, -0.05) is 13.0 Å². The molecule has 2 heterocycles. The number of carbonyl (C=O) groups is 1. The van der Waals surface area contributed by atoms with Gasteiger partial charge < -0.3 is 5.11 Å². The highest BCUT2D eigenvalue weighted by Crippen LogP contribution is 2.28. The Morgan fingerprint density at radius 2 is 2.50 bits per heavy atom. The van der Waals surface area contributed by atoms with Crippen LogP contribution in [-0.2, 0) is 4.79 Å². The monoisotopic (exact) mass is 248 g/mol. The molecule has 0 amide bonds. The lowest BCUT2D eigenvalue weighted by atomic mass is 9.94. The summed E-state index contributed by atoms with van der Waals surface area (Å²) in [7, 11) is 0. The summed E-state index contributed by atoms with van der Waals surface area (Å²) in [6.45, 7) is 3.78. The fourth-order valence-corrected chi connectivity index (χ4v) is 2.77. The summed E-state index contributed by atoms with van der Waals surface area (Å²) in [5.74, 6) is -0.884. The van der Waals surface area contributed by atoms with E-state index in [0.29, 0.717) is 12.6 Å². The van der Waals surface area contributed by atoms with Gasteiger partial charge in [-0.3, -0.25) is 14.7 Å². The van der Waals surface area contributed by atoms with Crippen molar-refractivity contribution in [3.63, 3.8) is 0 Å². The summed E-state index contributed by atoms with van der Waals surface area (Å²) in [4.78, 5) is 17.6. The van der Waals surface area contributed by atoms with Gasteiger partial charge in [-0.05, 0) is 37.4 Å². The van der Waals surface area contributed by atoms with Crippen molar-refractivity contribution in [3.8, 4) is 0 Å². The second-order valence-electron chi connectivity index (χ2n) is 4.88. The van der Waals surface area contributed by atoms with Crippen molar-refractivity contribution in [2.24, 2.45) is 5.92 Å². The summed E-state index contributed by atoms with van der Waals surface area (Å²) in [5.41, 5.74) is 1.19. The van der Waals surface area contributed by atoms with Crippen molar-refractivity contribution in [1.29, 1.82) is 0 Å². The van der Waals surface area contributed by atoms with E-state index >= 15 is 0 Å². The Hall–Kier alpha value is -1.42. The summed E-state index contributed by atoms with van der Waals surface area (Å²) in [5, 5.41) is 9.14. The number of piperidine rings is 1. The largest absolute Gasteiger partial charge is 0.481 e. The quantitative estimate of drug-likeness (QED) is 0.888. The summed E-state index contributed by atoms with van der Waals surface area (Å²) >= 11 is 0. The molecule has 4 heteroatoms. The van der Waals surface area contributed by atoms with E-state index in [1.54, 1.807) is 6.20 Å². The number of aliphatic carboxylic acids is 1. The van der Waals surface area contributed by atoms with Crippen LogP contribution >= 0.6 is 0 Å². The van der Waals surface area contributed by atoms with Crippen LogP contribution in [0.5, 0.6) is 0 Å². The molecule has 1 N–H and O–H groups in total. The van der Waals surface area contributed by atoms with Crippen LogP contribution in [0.25, 0.3) is 0 Å². The van der Waals surface area contributed by atoms with Gasteiger partial charge in [0.1, 0.15) is 0 Å². The van der Waals surface area contributed by atoms with E-state index in [0.717, 1.165) is 25.8 Å². The smallest absolute Gasteiger partial charge is 0.307 e. The van der Waals surface area contributed by atoms with Gasteiger partial charge in [0, 0.05) is 25.0 Å². The Morgan fingerprint density at radius 3 is 3.11 bits per heavy atom. The molecule has 1 aliphatic heterocycles. The first-order valence-corrected chi connectivity index (χ1v) is 6.59. The fourth-order valence-electron chi connectivity index (χ4n) is 2.77. The highest BCUT2D eigenvalue weighted by atomic mass is 16.4. The molecule has 1 saturated heterocycles. The minimum Gasteiger partial charge on any atom is -0.481 e. The molecule has 1 aromatic rings. The molecule has 0 radical (unpaired) electrons. The van der Waals surface area contributed by atoms with Crippen molar-refractivity contribution in [3.05, 3.63) is 30.1 Å². The first-order chi connectivity index (χ1) is 8.72. The average Bonchev–Trinajstić information content (AvgIpc) is 2.41. The van der Waals surface area contributed by atoms with E-state index in [2.05, 4.69) is 22.9 Å². The molecule has 0 aromatic carbocycles. The number of nitrogens with zero attached hydrogens (tertiary/aromatic N) is 2. The highest BCUT2D eigenvalue weighted by molar-refractivity contribution is 5.70. The Labute approximate surface area is 108 Å². The molecule has 1 aliphatic rings. The zero-order chi connectivity index (χ0) is 13.0. The Kier molecular flexibility index (Phi) is 4.31. The molecule has 0 bridgehead atoms. The lowest BCUT2D eigenvalue weighted by Crippen LogP contribution is -2.40. The lowest BCUT2D eigenvalue weighted by Gasteiger charge is -2.36. The van der Waals surface area contributed by atoms with Crippen molar-refractivity contribution in [1.82, 2.24) is 9.88 Å². The second kappa shape index (κ2) is 5.96. The molecule has 2 atom stereocenters. The molecule has 0 spiro atoms. The number of rotatable bonds is 4. The van der Waals surface area contributed by atoms with E-state index in [1.165, 1.54) is 5.56 Å². The third-order valence-electron chi connectivity index (χ3n) is 3.70. The summed E-state index contributed by atoms with van der Waals surface area (Å²) in [6, 6.07) is 4.31. The summed E-state index contributed by atoms with van der Waals surface area (Å²) < 4.78 is 0. The van der Waals surface area contributed by atoms with Gasteiger partial charge in [0.25, 0.3) is 0 Å².